The summed E-state index contributed by atoms with van der Waals surface area (Å²) in [5.41, 5.74) is 3.51. The van der Waals surface area contributed by atoms with Crippen LogP contribution in [0.4, 0.5) is 5.69 Å². The van der Waals surface area contributed by atoms with Crippen LogP contribution in [0.2, 0.25) is 5.02 Å². The number of rotatable bonds is 1. The zero-order valence-corrected chi connectivity index (χ0v) is 7.44. The second kappa shape index (κ2) is 3.26. The van der Waals surface area contributed by atoms with Crippen LogP contribution in [0, 0.1) is 0 Å². The molecule has 0 amide bonds. The van der Waals surface area contributed by atoms with Gasteiger partial charge in [-0.3, -0.25) is 10.2 Å². The smallest absolute Gasteiger partial charge is 0.0657 e. The van der Waals surface area contributed by atoms with E-state index in [0.29, 0.717) is 5.02 Å². The summed E-state index contributed by atoms with van der Waals surface area (Å²) in [5.74, 6) is 0. The summed E-state index contributed by atoms with van der Waals surface area (Å²) in [6, 6.07) is 7.30. The van der Waals surface area contributed by atoms with Gasteiger partial charge in [0.05, 0.1) is 11.9 Å². The number of halogens is 1. The van der Waals surface area contributed by atoms with Gasteiger partial charge < -0.3 is 0 Å². The Labute approximate surface area is 80.5 Å². The average Bonchev–Trinajstić information content (AvgIpc) is 2.52. The van der Waals surface area contributed by atoms with Crippen molar-refractivity contribution in [2.24, 2.45) is 0 Å². The van der Waals surface area contributed by atoms with Crippen molar-refractivity contribution >= 4 is 17.3 Å². The molecule has 0 saturated heterocycles. The molecule has 1 aromatic carbocycles. The molecule has 2 N–H and O–H groups in total. The molecule has 1 aliphatic heterocycles. The summed E-state index contributed by atoms with van der Waals surface area (Å²) in [5, 5.41) is 12.2. The van der Waals surface area contributed by atoms with Crippen molar-refractivity contribution in [3.05, 3.63) is 41.7 Å². The van der Waals surface area contributed by atoms with Crippen LogP contribution in [0.15, 0.2) is 36.7 Å². The Bertz CT molecular complexity index is 342. The van der Waals surface area contributed by atoms with E-state index in [0.717, 1.165) is 10.9 Å². The molecule has 13 heavy (non-hydrogen) atoms. The predicted molar refractivity (Wildman–Crippen MR) is 49.8 cm³/mol. The zero-order valence-electron chi connectivity index (χ0n) is 6.68. The molecular formula is C8H8ClN3O. The molecule has 0 bridgehead atoms. The lowest BCUT2D eigenvalue weighted by Gasteiger charge is -2.17. The first kappa shape index (κ1) is 8.37. The molecule has 68 valence electrons. The molecule has 1 heterocycles. The number of anilines is 1. The molecule has 0 aromatic heterocycles. The van der Waals surface area contributed by atoms with Crippen LogP contribution >= 0.6 is 11.6 Å². The summed E-state index contributed by atoms with van der Waals surface area (Å²) >= 11 is 5.81. The van der Waals surface area contributed by atoms with E-state index in [9.17, 15) is 0 Å². The van der Waals surface area contributed by atoms with Crippen LogP contribution in [0.3, 0.4) is 0 Å². The number of nitrogens with one attached hydrogen (secondary N) is 1. The van der Waals surface area contributed by atoms with Crippen molar-refractivity contribution in [1.29, 1.82) is 0 Å². The molecule has 0 atom stereocenters. The fourth-order valence-corrected chi connectivity index (χ4v) is 1.26. The van der Waals surface area contributed by atoms with Gasteiger partial charge in [-0.1, -0.05) is 17.7 Å². The lowest BCUT2D eigenvalue weighted by atomic mass is 10.3. The summed E-state index contributed by atoms with van der Waals surface area (Å²) < 4.78 is 0. The lowest BCUT2D eigenvalue weighted by Crippen LogP contribution is -2.37. The molecular weight excluding hydrogens is 190 g/mol. The normalized spacial score (nSPS) is 15.5. The minimum absolute atomic E-state index is 0.657. The fourth-order valence-electron chi connectivity index (χ4n) is 1.08. The maximum Gasteiger partial charge on any atom is 0.0657 e. The van der Waals surface area contributed by atoms with E-state index in [2.05, 4.69) is 5.53 Å². The van der Waals surface area contributed by atoms with Crippen molar-refractivity contribution < 1.29 is 5.21 Å². The molecule has 1 aliphatic rings. The van der Waals surface area contributed by atoms with E-state index in [1.54, 1.807) is 23.3 Å². The molecule has 0 fully saturated rings. The number of hydrogen-bond donors (Lipinski definition) is 2. The maximum absolute atomic E-state index is 8.99. The van der Waals surface area contributed by atoms with Crippen LogP contribution in [-0.4, -0.2) is 10.4 Å². The van der Waals surface area contributed by atoms with Gasteiger partial charge in [-0.25, -0.2) is 0 Å². The van der Waals surface area contributed by atoms with Crippen LogP contribution < -0.4 is 10.5 Å². The quantitative estimate of drug-likeness (QED) is 0.720. The fraction of sp³-hybridized carbons (Fsp3) is 0. The third-order valence-corrected chi connectivity index (χ3v) is 1.89. The van der Waals surface area contributed by atoms with Gasteiger partial charge in [-0.15, -0.1) is 5.53 Å². The molecule has 1 aromatic rings. The molecule has 5 heteroatoms. The van der Waals surface area contributed by atoms with Crippen molar-refractivity contribution in [2.75, 3.05) is 5.01 Å². The van der Waals surface area contributed by atoms with Gasteiger partial charge in [0, 0.05) is 11.2 Å². The molecule has 0 radical (unpaired) electrons. The predicted octanol–water partition coefficient (Wildman–Crippen LogP) is 1.74. The maximum atomic E-state index is 8.99. The Morgan fingerprint density at radius 2 is 2.15 bits per heavy atom. The molecule has 4 nitrogen and oxygen atoms in total. The lowest BCUT2D eigenvalue weighted by molar-refractivity contribution is -0.0791. The van der Waals surface area contributed by atoms with E-state index in [-0.39, 0.29) is 0 Å². The number of hydrogen-bond acceptors (Lipinski definition) is 4. The third-order valence-electron chi connectivity index (χ3n) is 1.65. The van der Waals surface area contributed by atoms with E-state index in [1.165, 1.54) is 6.20 Å². The molecule has 0 aliphatic carbocycles. The Morgan fingerprint density at radius 3 is 2.77 bits per heavy atom. The second-order valence-corrected chi connectivity index (χ2v) is 3.03. The number of hydrazine groups is 2. The monoisotopic (exact) mass is 197 g/mol. The van der Waals surface area contributed by atoms with Gasteiger partial charge >= 0.3 is 0 Å². The third kappa shape index (κ3) is 1.75. The first-order chi connectivity index (χ1) is 6.25. The summed E-state index contributed by atoms with van der Waals surface area (Å²) in [6.45, 7) is 0. The summed E-state index contributed by atoms with van der Waals surface area (Å²) in [6.07, 6.45) is 3.17. The van der Waals surface area contributed by atoms with Crippen LogP contribution in [0.1, 0.15) is 0 Å². The Morgan fingerprint density at radius 1 is 1.31 bits per heavy atom. The van der Waals surface area contributed by atoms with Crippen LogP contribution in [0.5, 0.6) is 0 Å². The van der Waals surface area contributed by atoms with Gasteiger partial charge in [-0.05, 0) is 18.2 Å². The van der Waals surface area contributed by atoms with Crippen molar-refractivity contribution in [3.63, 3.8) is 0 Å². The van der Waals surface area contributed by atoms with E-state index < -0.39 is 0 Å². The van der Waals surface area contributed by atoms with Crippen molar-refractivity contribution in [1.82, 2.24) is 10.7 Å². The zero-order chi connectivity index (χ0) is 9.26. The van der Waals surface area contributed by atoms with E-state index in [1.807, 2.05) is 12.1 Å². The summed E-state index contributed by atoms with van der Waals surface area (Å²) in [4.78, 5) is 0. The highest BCUT2D eigenvalue weighted by Crippen LogP contribution is 2.19. The largest absolute Gasteiger partial charge is 0.272 e. The summed E-state index contributed by atoms with van der Waals surface area (Å²) in [7, 11) is 0. The van der Waals surface area contributed by atoms with Gasteiger partial charge in [0.25, 0.3) is 0 Å². The van der Waals surface area contributed by atoms with Gasteiger partial charge in [0.2, 0.25) is 0 Å². The minimum atomic E-state index is 0.657. The van der Waals surface area contributed by atoms with Crippen LogP contribution in [-0.2, 0) is 0 Å². The topological polar surface area (TPSA) is 38.7 Å². The molecule has 0 saturated carbocycles. The minimum Gasteiger partial charge on any atom is -0.272 e. The highest BCUT2D eigenvalue weighted by Gasteiger charge is 2.10. The second-order valence-electron chi connectivity index (χ2n) is 2.59. The van der Waals surface area contributed by atoms with E-state index >= 15 is 0 Å². The Balaban J connectivity index is 2.22. The highest BCUT2D eigenvalue weighted by molar-refractivity contribution is 6.30. The Hall–Kier alpha value is -1.23. The Kier molecular flexibility index (Phi) is 2.10. The standard InChI is InChI=1S/C8H8ClN3O/c9-7-2-1-3-8(6-7)11-4-5-12(13)10-11/h1-6,10,13H. The van der Waals surface area contributed by atoms with Gasteiger partial charge in [0.15, 0.2) is 0 Å². The number of hydroxylamine groups is 1. The van der Waals surface area contributed by atoms with Gasteiger partial charge in [0.1, 0.15) is 0 Å². The van der Waals surface area contributed by atoms with E-state index in [4.69, 9.17) is 16.8 Å². The highest BCUT2D eigenvalue weighted by atomic mass is 35.5. The first-order valence-corrected chi connectivity index (χ1v) is 4.11. The molecule has 2 rings (SSSR count). The van der Waals surface area contributed by atoms with Crippen molar-refractivity contribution in [3.8, 4) is 0 Å². The SMILES string of the molecule is ON1C=CN(c2cccc(Cl)c2)N1. The number of benzene rings is 1. The molecule has 0 unspecified atom stereocenters. The van der Waals surface area contributed by atoms with Gasteiger partial charge in [-0.2, -0.15) is 5.17 Å². The first-order valence-electron chi connectivity index (χ1n) is 3.73. The number of nitrogens with zero attached hydrogens (tertiary/aromatic N) is 2. The average molecular weight is 198 g/mol. The van der Waals surface area contributed by atoms with Crippen LogP contribution in [0.25, 0.3) is 0 Å². The van der Waals surface area contributed by atoms with Crippen molar-refractivity contribution in [2.45, 2.75) is 0 Å². The molecule has 0 spiro atoms.